The van der Waals surface area contributed by atoms with Crippen molar-refractivity contribution in [3.05, 3.63) is 65.2 Å². The second-order valence-corrected chi connectivity index (χ2v) is 5.97. The first-order valence-electron chi connectivity index (χ1n) is 7.12. The van der Waals surface area contributed by atoms with Gasteiger partial charge in [0.15, 0.2) is 6.61 Å². The number of nitrogens with one attached hydrogen (secondary N) is 1. The fourth-order valence-electron chi connectivity index (χ4n) is 1.89. The largest absolute Gasteiger partial charge is 0.452 e. The van der Waals surface area contributed by atoms with Crippen LogP contribution >= 0.6 is 23.4 Å². The Morgan fingerprint density at radius 2 is 1.88 bits per heavy atom. The molecule has 1 N–H and O–H groups in total. The number of halogens is 1. The lowest BCUT2D eigenvalue weighted by Gasteiger charge is -2.09. The fraction of sp³-hybridized carbons (Fsp3) is 0.111. The molecule has 0 radical (unpaired) electrons. The van der Waals surface area contributed by atoms with Gasteiger partial charge in [-0.3, -0.25) is 4.79 Å². The van der Waals surface area contributed by atoms with Gasteiger partial charge in [0, 0.05) is 16.0 Å². The number of para-hydroxylation sites is 1. The summed E-state index contributed by atoms with van der Waals surface area (Å²) in [6, 6.07) is 14.5. The predicted octanol–water partition coefficient (Wildman–Crippen LogP) is 4.26. The second kappa shape index (κ2) is 9.15. The Morgan fingerprint density at radius 1 is 1.17 bits per heavy atom. The van der Waals surface area contributed by atoms with E-state index in [1.807, 2.05) is 30.5 Å². The number of hydrogen-bond donors (Lipinski definition) is 1. The first-order chi connectivity index (χ1) is 11.6. The average molecular weight is 362 g/mol. The fourth-order valence-corrected chi connectivity index (χ4v) is 2.64. The van der Waals surface area contributed by atoms with Gasteiger partial charge in [0.1, 0.15) is 0 Å². The monoisotopic (exact) mass is 361 g/mol. The molecule has 0 aromatic heterocycles. The van der Waals surface area contributed by atoms with E-state index in [1.54, 1.807) is 30.3 Å². The molecule has 0 unspecified atom stereocenters. The molecule has 0 heterocycles. The maximum Gasteiger partial charge on any atom is 0.331 e. The van der Waals surface area contributed by atoms with E-state index in [9.17, 15) is 9.59 Å². The van der Waals surface area contributed by atoms with Crippen LogP contribution in [0.1, 0.15) is 5.56 Å². The highest BCUT2D eigenvalue weighted by Crippen LogP contribution is 2.24. The zero-order valence-corrected chi connectivity index (χ0v) is 14.6. The van der Waals surface area contributed by atoms with Crippen molar-refractivity contribution in [1.82, 2.24) is 0 Å². The molecule has 2 aromatic carbocycles. The molecule has 24 heavy (non-hydrogen) atoms. The molecule has 0 bridgehead atoms. The molecular formula is C18H16ClNO3S. The minimum Gasteiger partial charge on any atom is -0.452 e. The van der Waals surface area contributed by atoms with Crippen molar-refractivity contribution in [1.29, 1.82) is 0 Å². The van der Waals surface area contributed by atoms with Crippen molar-refractivity contribution in [2.75, 3.05) is 18.2 Å². The van der Waals surface area contributed by atoms with Crippen LogP contribution < -0.4 is 5.32 Å². The third-order valence-electron chi connectivity index (χ3n) is 3.03. The van der Waals surface area contributed by atoms with Gasteiger partial charge in [-0.1, -0.05) is 41.9 Å². The van der Waals surface area contributed by atoms with Crippen LogP contribution in [0.15, 0.2) is 59.5 Å². The quantitative estimate of drug-likeness (QED) is 0.474. The van der Waals surface area contributed by atoms with Gasteiger partial charge in [0.25, 0.3) is 5.91 Å². The van der Waals surface area contributed by atoms with E-state index in [-0.39, 0.29) is 6.61 Å². The second-order valence-electron chi connectivity index (χ2n) is 4.71. The number of thioether (sulfide) groups is 1. The maximum atomic E-state index is 11.9. The van der Waals surface area contributed by atoms with E-state index in [0.717, 1.165) is 4.90 Å². The molecule has 0 fully saturated rings. The van der Waals surface area contributed by atoms with E-state index >= 15 is 0 Å². The normalized spacial score (nSPS) is 10.6. The average Bonchev–Trinajstić information content (AvgIpc) is 2.59. The summed E-state index contributed by atoms with van der Waals surface area (Å²) in [6.07, 6.45) is 4.71. The SMILES string of the molecule is CSc1ccccc1NC(=O)COC(=O)/C=C/c1ccccc1Cl. The van der Waals surface area contributed by atoms with Crippen molar-refractivity contribution in [2.45, 2.75) is 4.90 Å². The summed E-state index contributed by atoms with van der Waals surface area (Å²) >= 11 is 7.51. The van der Waals surface area contributed by atoms with Crippen LogP contribution in [0.4, 0.5) is 5.69 Å². The summed E-state index contributed by atoms with van der Waals surface area (Å²) in [7, 11) is 0. The molecule has 0 atom stereocenters. The number of anilines is 1. The summed E-state index contributed by atoms with van der Waals surface area (Å²) in [4.78, 5) is 24.5. The number of rotatable bonds is 6. The van der Waals surface area contributed by atoms with E-state index in [1.165, 1.54) is 17.8 Å². The van der Waals surface area contributed by atoms with Crippen LogP contribution in [-0.2, 0) is 14.3 Å². The molecule has 0 spiro atoms. The number of hydrogen-bond acceptors (Lipinski definition) is 4. The van der Waals surface area contributed by atoms with Crippen molar-refractivity contribution < 1.29 is 14.3 Å². The van der Waals surface area contributed by atoms with Crippen LogP contribution in [0, 0.1) is 0 Å². The summed E-state index contributed by atoms with van der Waals surface area (Å²) < 4.78 is 4.92. The highest BCUT2D eigenvalue weighted by atomic mass is 35.5. The van der Waals surface area contributed by atoms with Crippen molar-refractivity contribution in [2.24, 2.45) is 0 Å². The molecule has 6 heteroatoms. The predicted molar refractivity (Wildman–Crippen MR) is 98.3 cm³/mol. The lowest BCUT2D eigenvalue weighted by atomic mass is 10.2. The molecule has 2 aromatic rings. The van der Waals surface area contributed by atoms with Crippen molar-refractivity contribution in [3.63, 3.8) is 0 Å². The number of carbonyl (C=O) groups is 2. The Bertz CT molecular complexity index is 761. The highest BCUT2D eigenvalue weighted by Gasteiger charge is 2.08. The van der Waals surface area contributed by atoms with Crippen LogP contribution in [0.3, 0.4) is 0 Å². The maximum absolute atomic E-state index is 11.9. The molecule has 124 valence electrons. The van der Waals surface area contributed by atoms with Crippen LogP contribution in [0.5, 0.6) is 0 Å². The van der Waals surface area contributed by atoms with Gasteiger partial charge in [-0.15, -0.1) is 11.8 Å². The van der Waals surface area contributed by atoms with E-state index in [4.69, 9.17) is 16.3 Å². The molecule has 1 amide bonds. The zero-order chi connectivity index (χ0) is 17.4. The zero-order valence-electron chi connectivity index (χ0n) is 13.0. The molecule has 2 rings (SSSR count). The van der Waals surface area contributed by atoms with Gasteiger partial charge in [0.2, 0.25) is 0 Å². The smallest absolute Gasteiger partial charge is 0.331 e. The van der Waals surface area contributed by atoms with Crippen molar-refractivity contribution in [3.8, 4) is 0 Å². The van der Waals surface area contributed by atoms with Crippen LogP contribution in [-0.4, -0.2) is 24.7 Å². The lowest BCUT2D eigenvalue weighted by molar-refractivity contribution is -0.142. The summed E-state index contributed by atoms with van der Waals surface area (Å²) in [6.45, 7) is -0.353. The van der Waals surface area contributed by atoms with Gasteiger partial charge in [-0.2, -0.15) is 0 Å². The Labute approximate surface area is 149 Å². The van der Waals surface area contributed by atoms with Gasteiger partial charge >= 0.3 is 5.97 Å². The number of benzene rings is 2. The standard InChI is InChI=1S/C18H16ClNO3S/c1-24-16-9-5-4-8-15(16)20-17(21)12-23-18(22)11-10-13-6-2-3-7-14(13)19/h2-11H,12H2,1H3,(H,20,21)/b11-10+. The molecule has 0 aliphatic rings. The summed E-state index contributed by atoms with van der Waals surface area (Å²) in [5, 5.41) is 3.25. The van der Waals surface area contributed by atoms with Crippen LogP contribution in [0.2, 0.25) is 5.02 Å². The number of amides is 1. The van der Waals surface area contributed by atoms with Gasteiger partial charge < -0.3 is 10.1 Å². The van der Waals surface area contributed by atoms with Crippen molar-refractivity contribution >= 4 is 47.0 Å². The summed E-state index contributed by atoms with van der Waals surface area (Å²) in [5.41, 5.74) is 1.40. The lowest BCUT2D eigenvalue weighted by Crippen LogP contribution is -2.20. The Morgan fingerprint density at radius 3 is 2.62 bits per heavy atom. The van der Waals surface area contributed by atoms with Gasteiger partial charge in [0.05, 0.1) is 5.69 Å². The highest BCUT2D eigenvalue weighted by molar-refractivity contribution is 7.98. The number of carbonyl (C=O) groups excluding carboxylic acids is 2. The third kappa shape index (κ3) is 5.44. The molecular weight excluding hydrogens is 346 g/mol. The summed E-state index contributed by atoms with van der Waals surface area (Å²) in [5.74, 6) is -1.00. The Kier molecular flexibility index (Phi) is 6.90. The Balaban J connectivity index is 1.85. The van der Waals surface area contributed by atoms with Gasteiger partial charge in [-0.05, 0) is 36.1 Å². The number of esters is 1. The van der Waals surface area contributed by atoms with Crippen LogP contribution in [0.25, 0.3) is 6.08 Å². The molecule has 0 saturated carbocycles. The van der Waals surface area contributed by atoms with E-state index < -0.39 is 11.9 Å². The topological polar surface area (TPSA) is 55.4 Å². The van der Waals surface area contributed by atoms with E-state index in [2.05, 4.69) is 5.32 Å². The third-order valence-corrected chi connectivity index (χ3v) is 4.17. The molecule has 0 aliphatic carbocycles. The minimum absolute atomic E-state index is 0.353. The first-order valence-corrected chi connectivity index (χ1v) is 8.72. The van der Waals surface area contributed by atoms with Gasteiger partial charge in [-0.25, -0.2) is 4.79 Å². The first kappa shape index (κ1) is 18.1. The van der Waals surface area contributed by atoms with E-state index in [0.29, 0.717) is 16.3 Å². The molecule has 4 nitrogen and oxygen atoms in total. The number of ether oxygens (including phenoxy) is 1. The molecule has 0 saturated heterocycles. The molecule has 0 aliphatic heterocycles. The minimum atomic E-state index is -0.608. The Hall–Kier alpha value is -2.24.